The lowest BCUT2D eigenvalue weighted by Gasteiger charge is -2.36. The van der Waals surface area contributed by atoms with Gasteiger partial charge in [-0.2, -0.15) is 0 Å². The molecule has 4 rings (SSSR count). The highest BCUT2D eigenvalue weighted by atomic mass is 35.5. The smallest absolute Gasteiger partial charge is 0.250 e. The van der Waals surface area contributed by atoms with Crippen LogP contribution in [0, 0.1) is 5.92 Å². The number of benzene rings is 2. The molecule has 2 aromatic carbocycles. The summed E-state index contributed by atoms with van der Waals surface area (Å²) < 4.78 is 5.36. The van der Waals surface area contributed by atoms with Crippen molar-refractivity contribution in [2.24, 2.45) is 11.7 Å². The Morgan fingerprint density at radius 3 is 2.41 bits per heavy atom. The number of nitrogens with two attached hydrogens (primary N) is 1. The summed E-state index contributed by atoms with van der Waals surface area (Å²) in [6, 6.07) is 10.8. The van der Waals surface area contributed by atoms with Crippen molar-refractivity contribution in [3.63, 3.8) is 0 Å². The van der Waals surface area contributed by atoms with E-state index in [0.29, 0.717) is 47.6 Å². The molecule has 34 heavy (non-hydrogen) atoms. The molecule has 182 valence electrons. The summed E-state index contributed by atoms with van der Waals surface area (Å²) in [5.74, 6) is -0.217. The average molecular weight is 505 g/mol. The minimum absolute atomic E-state index is 0.0453. The quantitative estimate of drug-likeness (QED) is 0.610. The summed E-state index contributed by atoms with van der Waals surface area (Å²) in [6.45, 7) is 6.11. The third-order valence-corrected chi connectivity index (χ3v) is 7.16. The second-order valence-corrected chi connectivity index (χ2v) is 9.67. The molecule has 7 nitrogen and oxygen atoms in total. The van der Waals surface area contributed by atoms with Gasteiger partial charge in [0.15, 0.2) is 0 Å². The largest absolute Gasteiger partial charge is 0.378 e. The lowest BCUT2D eigenvalue weighted by atomic mass is 9.94. The molecule has 2 aliphatic rings. The molecule has 2 aliphatic heterocycles. The fraction of sp³-hybridized carbons (Fsp3) is 0.440. The lowest BCUT2D eigenvalue weighted by molar-refractivity contribution is -0.140. The third-order valence-electron chi connectivity index (χ3n) is 6.60. The fourth-order valence-corrected chi connectivity index (χ4v) is 5.23. The molecular formula is C25H30Cl2N4O3. The standard InChI is InChI=1S/C25H30Cl2N4O3/c1-16(20-4-2-18(26)14-22(20)27)29-23-15-19(3-5-21(23)24(28)32)30-8-6-17(7-9-30)25(33)31-10-12-34-13-11-31/h2-5,14-17,29H,6-13H2,1H3,(H2,28,32). The van der Waals surface area contributed by atoms with Gasteiger partial charge >= 0.3 is 0 Å². The third kappa shape index (κ3) is 5.59. The Morgan fingerprint density at radius 2 is 1.76 bits per heavy atom. The number of ether oxygens (including phenoxy) is 1. The first-order chi connectivity index (χ1) is 16.3. The van der Waals surface area contributed by atoms with E-state index in [9.17, 15) is 9.59 Å². The summed E-state index contributed by atoms with van der Waals surface area (Å²) in [6.07, 6.45) is 1.60. The minimum atomic E-state index is -0.502. The number of nitrogens with zero attached hydrogens (tertiary/aromatic N) is 2. The van der Waals surface area contributed by atoms with Gasteiger partial charge in [0.1, 0.15) is 0 Å². The van der Waals surface area contributed by atoms with Crippen LogP contribution < -0.4 is 16.0 Å². The molecule has 0 aliphatic carbocycles. The minimum Gasteiger partial charge on any atom is -0.378 e. The number of rotatable bonds is 6. The maximum Gasteiger partial charge on any atom is 0.250 e. The predicted octanol–water partition coefficient (Wildman–Crippen LogP) is 4.34. The molecule has 9 heteroatoms. The van der Waals surface area contributed by atoms with Crippen LogP contribution in [0.3, 0.4) is 0 Å². The van der Waals surface area contributed by atoms with Gasteiger partial charge in [-0.15, -0.1) is 0 Å². The predicted molar refractivity (Wildman–Crippen MR) is 136 cm³/mol. The molecular weight excluding hydrogens is 475 g/mol. The summed E-state index contributed by atoms with van der Waals surface area (Å²) in [5.41, 5.74) is 8.56. The Balaban J connectivity index is 1.46. The molecule has 0 radical (unpaired) electrons. The number of hydrogen-bond acceptors (Lipinski definition) is 5. The van der Waals surface area contributed by atoms with Gasteiger partial charge in [0.25, 0.3) is 5.91 Å². The molecule has 1 atom stereocenters. The van der Waals surface area contributed by atoms with Crippen LogP contribution in [0.15, 0.2) is 36.4 Å². The SMILES string of the molecule is CC(Nc1cc(N2CCC(C(=O)N3CCOCC3)CC2)ccc1C(N)=O)c1ccc(Cl)cc1Cl. The summed E-state index contributed by atoms with van der Waals surface area (Å²) in [4.78, 5) is 29.1. The molecule has 2 aromatic rings. The molecule has 1 unspecified atom stereocenters. The molecule has 2 heterocycles. The van der Waals surface area contributed by atoms with Crippen molar-refractivity contribution < 1.29 is 14.3 Å². The van der Waals surface area contributed by atoms with E-state index in [4.69, 9.17) is 33.7 Å². The van der Waals surface area contributed by atoms with Gasteiger partial charge in [0, 0.05) is 53.5 Å². The number of nitrogens with one attached hydrogen (secondary N) is 1. The van der Waals surface area contributed by atoms with Crippen LogP contribution in [0.4, 0.5) is 11.4 Å². The first-order valence-corrected chi connectivity index (χ1v) is 12.4. The van der Waals surface area contributed by atoms with Crippen molar-refractivity contribution in [1.82, 2.24) is 4.90 Å². The molecule has 0 saturated carbocycles. The van der Waals surface area contributed by atoms with Crippen LogP contribution in [0.25, 0.3) is 0 Å². The lowest BCUT2D eigenvalue weighted by Crippen LogP contribution is -2.46. The number of amides is 2. The van der Waals surface area contributed by atoms with Crippen molar-refractivity contribution in [3.8, 4) is 0 Å². The van der Waals surface area contributed by atoms with E-state index < -0.39 is 5.91 Å². The first kappa shape index (κ1) is 24.6. The van der Waals surface area contributed by atoms with Crippen molar-refractivity contribution in [2.45, 2.75) is 25.8 Å². The van der Waals surface area contributed by atoms with E-state index >= 15 is 0 Å². The highest BCUT2D eigenvalue weighted by Crippen LogP contribution is 2.33. The molecule has 2 amide bonds. The first-order valence-electron chi connectivity index (χ1n) is 11.6. The van der Waals surface area contributed by atoms with Crippen molar-refractivity contribution in [1.29, 1.82) is 0 Å². The van der Waals surface area contributed by atoms with Crippen LogP contribution >= 0.6 is 23.2 Å². The number of morpholine rings is 1. The highest BCUT2D eigenvalue weighted by molar-refractivity contribution is 6.35. The zero-order valence-electron chi connectivity index (χ0n) is 19.2. The van der Waals surface area contributed by atoms with Gasteiger partial charge < -0.3 is 25.6 Å². The average Bonchev–Trinajstić information content (AvgIpc) is 2.84. The van der Waals surface area contributed by atoms with Gasteiger partial charge in [-0.1, -0.05) is 29.3 Å². The highest BCUT2D eigenvalue weighted by Gasteiger charge is 2.30. The Kier molecular flexibility index (Phi) is 7.86. The van der Waals surface area contributed by atoms with Gasteiger partial charge in [-0.05, 0) is 55.7 Å². The molecule has 3 N–H and O–H groups in total. The second-order valence-electron chi connectivity index (χ2n) is 8.82. The van der Waals surface area contributed by atoms with Gasteiger partial charge in [-0.3, -0.25) is 9.59 Å². The Morgan fingerprint density at radius 1 is 1.06 bits per heavy atom. The van der Waals surface area contributed by atoms with Gasteiger partial charge in [-0.25, -0.2) is 0 Å². The number of carbonyl (C=O) groups excluding carboxylic acids is 2. The van der Waals surface area contributed by atoms with Crippen LogP contribution in [0.2, 0.25) is 10.0 Å². The Labute approximate surface area is 210 Å². The fourth-order valence-electron chi connectivity index (χ4n) is 4.65. The Hall–Kier alpha value is -2.48. The number of halogens is 2. The van der Waals surface area contributed by atoms with E-state index in [1.54, 1.807) is 18.2 Å². The number of piperidine rings is 1. The molecule has 0 spiro atoms. The second kappa shape index (κ2) is 10.8. The monoisotopic (exact) mass is 504 g/mol. The van der Waals surface area contributed by atoms with E-state index in [0.717, 1.165) is 37.2 Å². The maximum atomic E-state index is 12.8. The van der Waals surface area contributed by atoms with Crippen molar-refractivity contribution >= 4 is 46.4 Å². The maximum absolute atomic E-state index is 12.8. The number of carbonyl (C=O) groups is 2. The topological polar surface area (TPSA) is 87.9 Å². The Bertz CT molecular complexity index is 1050. The molecule has 0 aromatic heterocycles. The van der Waals surface area contributed by atoms with Crippen LogP contribution in [0.1, 0.15) is 41.7 Å². The summed E-state index contributed by atoms with van der Waals surface area (Å²) in [5, 5.41) is 4.51. The van der Waals surface area contributed by atoms with Gasteiger partial charge in [0.05, 0.1) is 24.8 Å². The van der Waals surface area contributed by atoms with Crippen LogP contribution in [-0.4, -0.2) is 56.1 Å². The zero-order chi connectivity index (χ0) is 24.2. The number of anilines is 2. The van der Waals surface area contributed by atoms with Crippen molar-refractivity contribution in [3.05, 3.63) is 57.6 Å². The normalized spacial score (nSPS) is 18.0. The van der Waals surface area contributed by atoms with E-state index in [2.05, 4.69) is 10.2 Å². The molecule has 2 fully saturated rings. The molecule has 2 saturated heterocycles. The van der Waals surface area contributed by atoms with E-state index in [-0.39, 0.29) is 17.9 Å². The zero-order valence-corrected chi connectivity index (χ0v) is 20.7. The van der Waals surface area contributed by atoms with Gasteiger partial charge in [0.2, 0.25) is 5.91 Å². The van der Waals surface area contributed by atoms with Crippen LogP contribution in [-0.2, 0) is 9.53 Å². The van der Waals surface area contributed by atoms with E-state index in [1.807, 2.05) is 30.0 Å². The number of hydrogen-bond donors (Lipinski definition) is 2. The molecule has 0 bridgehead atoms. The van der Waals surface area contributed by atoms with Crippen LogP contribution in [0.5, 0.6) is 0 Å². The summed E-state index contributed by atoms with van der Waals surface area (Å²) >= 11 is 12.4. The van der Waals surface area contributed by atoms with Crippen molar-refractivity contribution in [2.75, 3.05) is 49.6 Å². The number of primary amides is 1. The summed E-state index contributed by atoms with van der Waals surface area (Å²) in [7, 11) is 0. The van der Waals surface area contributed by atoms with E-state index in [1.165, 1.54) is 0 Å².